The lowest BCUT2D eigenvalue weighted by Gasteiger charge is -2.41. The molecule has 2 unspecified atom stereocenters. The average Bonchev–Trinajstić information content (AvgIpc) is 2.06. The summed E-state index contributed by atoms with van der Waals surface area (Å²) in [6, 6.07) is 28.3. The normalized spacial score (nSPS) is 14.9. The zero-order valence-electron chi connectivity index (χ0n) is 51.3. The summed E-state index contributed by atoms with van der Waals surface area (Å²) >= 11 is 0. The molecule has 4 amide bonds. The Labute approximate surface area is 517 Å². The van der Waals surface area contributed by atoms with E-state index >= 15 is 0 Å². The minimum absolute atomic E-state index is 0.0994. The number of methoxy groups -OCH3 is 1. The summed E-state index contributed by atoms with van der Waals surface area (Å²) in [5, 5.41) is 16.0. The van der Waals surface area contributed by atoms with Crippen LogP contribution in [0.5, 0.6) is 5.75 Å². The Bertz CT molecular complexity index is 3360. The number of alkyl halides is 3. The molecule has 2 fully saturated rings. The Morgan fingerprint density at radius 2 is 1.48 bits per heavy atom. The van der Waals surface area contributed by atoms with Crippen LogP contribution in [0.2, 0.25) is 0 Å². The number of amides is 4. The fourth-order valence-corrected chi connectivity index (χ4v) is 11.4. The van der Waals surface area contributed by atoms with Gasteiger partial charge in [-0.05, 0) is 138 Å². The van der Waals surface area contributed by atoms with E-state index in [2.05, 4.69) is 55.4 Å². The highest BCUT2D eigenvalue weighted by molar-refractivity contribution is 5.98. The summed E-state index contributed by atoms with van der Waals surface area (Å²) in [6.45, 7) is 6.15. The van der Waals surface area contributed by atoms with Gasteiger partial charge >= 0.3 is 6.18 Å². The maximum Gasteiger partial charge on any atom is 0.406 e. The van der Waals surface area contributed by atoms with Crippen molar-refractivity contribution in [2.24, 2.45) is 13.0 Å². The van der Waals surface area contributed by atoms with Crippen molar-refractivity contribution in [3.05, 3.63) is 153 Å². The Morgan fingerprint density at radius 1 is 0.787 bits per heavy atom. The second-order valence-electron chi connectivity index (χ2n) is 22.4. The summed E-state index contributed by atoms with van der Waals surface area (Å²) in [4.78, 5) is 78.2. The summed E-state index contributed by atoms with van der Waals surface area (Å²) in [5.41, 5.74) is 4.57. The molecule has 89 heavy (non-hydrogen) atoms. The molecule has 0 saturated carbocycles. The van der Waals surface area contributed by atoms with Crippen LogP contribution in [0.15, 0.2) is 114 Å². The maximum absolute atomic E-state index is 14.8. The van der Waals surface area contributed by atoms with Crippen molar-refractivity contribution in [3.63, 3.8) is 0 Å². The molecule has 0 spiro atoms. The number of nitrogens with one attached hydrogen (secondary N) is 5. The van der Waals surface area contributed by atoms with Crippen LogP contribution in [0, 0.1) is 24.7 Å². The number of fused-ring (bicyclic) bond motifs is 1. The highest BCUT2D eigenvalue weighted by atomic mass is 19.4. The molecule has 0 radical (unpaired) electrons. The zero-order valence-corrected chi connectivity index (χ0v) is 51.3. The first-order chi connectivity index (χ1) is 43.0. The van der Waals surface area contributed by atoms with Crippen LogP contribution in [0.3, 0.4) is 0 Å². The maximum atomic E-state index is 14.8. The third kappa shape index (κ3) is 19.1. The van der Waals surface area contributed by atoms with E-state index in [1.54, 1.807) is 74.6 Å². The molecule has 2 aliphatic heterocycles. The minimum atomic E-state index is -4.45. The topological polar surface area (TPSA) is 215 Å². The second kappa shape index (κ2) is 32.8. The lowest BCUT2D eigenvalue weighted by Crippen LogP contribution is -2.56. The van der Waals surface area contributed by atoms with Crippen molar-refractivity contribution in [2.75, 3.05) is 130 Å². The number of aromatic nitrogens is 3. The Hall–Kier alpha value is -8.27. The molecule has 3 aromatic heterocycles. The number of piperidine rings is 2. The molecule has 2 aliphatic rings. The van der Waals surface area contributed by atoms with E-state index in [1.807, 2.05) is 59.5 Å². The fraction of sp³-hybridized carbons (Fsp3) is 0.455. The van der Waals surface area contributed by atoms with E-state index in [4.69, 9.17) is 18.9 Å². The largest absolute Gasteiger partial charge is 0.495 e. The Morgan fingerprint density at radius 3 is 2.15 bits per heavy atom. The predicted octanol–water partition coefficient (Wildman–Crippen LogP) is 6.28. The molecule has 6 aromatic rings. The highest BCUT2D eigenvalue weighted by Gasteiger charge is 2.40. The zero-order chi connectivity index (χ0) is 63.3. The van der Waals surface area contributed by atoms with Gasteiger partial charge in [0.05, 0.1) is 82.3 Å². The van der Waals surface area contributed by atoms with Crippen LogP contribution in [0.4, 0.5) is 24.5 Å². The van der Waals surface area contributed by atoms with Crippen LogP contribution in [-0.2, 0) is 37.4 Å². The van der Waals surface area contributed by atoms with Gasteiger partial charge in [0.25, 0.3) is 17.4 Å². The number of rotatable bonds is 29. The summed E-state index contributed by atoms with van der Waals surface area (Å²) < 4.78 is 66.5. The first-order valence-corrected chi connectivity index (χ1v) is 30.2. The van der Waals surface area contributed by atoms with E-state index in [0.717, 1.165) is 42.9 Å². The Balaban J connectivity index is 0.707. The van der Waals surface area contributed by atoms with Gasteiger partial charge in [-0.1, -0.05) is 48.4 Å². The van der Waals surface area contributed by atoms with Crippen molar-refractivity contribution in [1.82, 2.24) is 44.8 Å². The molecule has 2 saturated heterocycles. The number of anilines is 2. The summed E-state index contributed by atoms with van der Waals surface area (Å²) in [7, 11) is 6.72. The molecule has 0 bridgehead atoms. The standard InChI is InChI=1S/C66H82F3N11O9/c1-46-39-50(42-77(4)64(46)84)65(85)79(43-54(47-13-7-6-8-14-47)55-16-9-10-25-71-55)61(63(83)70-2)48-21-31-78(32-22-48)44-60(81)73-27-33-87-35-37-89-38-36-88-34-28-74-62(82)49-19-20-57(59(40-49)86-5)72-26-12-15-52-41-53-56(75-51-23-29-76(3)30-24-51)17-11-18-58(53)80(52)45-66(67,68)69/h6-11,13-14,16-20,25,39-42,48,51,54,61,72,75H,21-24,26-38,43-45H2,1-5H3,(H,70,83)(H,73,81)(H,74,82). The monoisotopic (exact) mass is 1230 g/mol. The molecule has 476 valence electrons. The number of nitrogens with zero attached hydrogens (tertiary/aromatic N) is 6. The molecular weight excluding hydrogens is 1150 g/mol. The van der Waals surface area contributed by atoms with Crippen molar-refractivity contribution in [3.8, 4) is 17.6 Å². The van der Waals surface area contributed by atoms with Gasteiger partial charge in [0.15, 0.2) is 0 Å². The third-order valence-corrected chi connectivity index (χ3v) is 16.0. The number of benzene rings is 3. The van der Waals surface area contributed by atoms with Crippen LogP contribution in [0.25, 0.3) is 10.9 Å². The van der Waals surface area contributed by atoms with Gasteiger partial charge in [0.1, 0.15) is 18.3 Å². The summed E-state index contributed by atoms with van der Waals surface area (Å²) in [5.74, 6) is 4.52. The molecule has 5 heterocycles. The first-order valence-electron chi connectivity index (χ1n) is 30.2. The molecule has 5 N–H and O–H groups in total. The van der Waals surface area contributed by atoms with Crippen molar-refractivity contribution < 1.29 is 51.3 Å². The van der Waals surface area contributed by atoms with Crippen molar-refractivity contribution in [1.29, 1.82) is 0 Å². The molecule has 23 heteroatoms. The number of halogens is 3. The smallest absolute Gasteiger partial charge is 0.406 e. The molecule has 0 aliphatic carbocycles. The molecular formula is C66H82F3N11O9. The first kappa shape index (κ1) is 66.7. The third-order valence-electron chi connectivity index (χ3n) is 16.0. The lowest BCUT2D eigenvalue weighted by atomic mass is 9.85. The van der Waals surface area contributed by atoms with E-state index in [-0.39, 0.29) is 92.2 Å². The molecule has 20 nitrogen and oxygen atoms in total. The van der Waals surface area contributed by atoms with Gasteiger partial charge in [-0.3, -0.25) is 33.9 Å². The average molecular weight is 1230 g/mol. The van der Waals surface area contributed by atoms with Crippen molar-refractivity contribution in [2.45, 2.75) is 63.3 Å². The summed E-state index contributed by atoms with van der Waals surface area (Å²) in [6.07, 6.45) is 1.76. The van der Waals surface area contributed by atoms with Gasteiger partial charge in [0.2, 0.25) is 11.8 Å². The van der Waals surface area contributed by atoms with Gasteiger partial charge < -0.3 is 64.5 Å². The highest BCUT2D eigenvalue weighted by Crippen LogP contribution is 2.34. The van der Waals surface area contributed by atoms with Gasteiger partial charge in [-0.15, -0.1) is 0 Å². The Kier molecular flexibility index (Phi) is 24.6. The lowest BCUT2D eigenvalue weighted by molar-refractivity contribution is -0.140. The fourth-order valence-electron chi connectivity index (χ4n) is 11.4. The number of carbonyl (C=O) groups excluding carboxylic acids is 4. The van der Waals surface area contributed by atoms with Crippen LogP contribution in [-0.4, -0.2) is 190 Å². The number of hydrogen-bond acceptors (Lipinski definition) is 14. The van der Waals surface area contributed by atoms with Crippen LogP contribution in [0.1, 0.15) is 74.8 Å². The van der Waals surface area contributed by atoms with E-state index in [9.17, 15) is 37.1 Å². The SMILES string of the molecule is CNC(=O)C(C1CCN(CC(=O)NCCOCCOCCOCCNC(=O)c2ccc(NCC#Cc3cc4c(NC5CCN(C)CC5)cccc4n3CC(F)(F)F)c(OC)c2)CC1)N(CC(c1ccccc1)c1ccccn1)C(=O)c1cc(C)c(=O)n(C)c1. The van der Waals surface area contributed by atoms with Gasteiger partial charge in [-0.2, -0.15) is 13.2 Å². The van der Waals surface area contributed by atoms with Crippen LogP contribution >= 0.6 is 0 Å². The van der Waals surface area contributed by atoms with E-state index in [0.29, 0.717) is 97.9 Å². The number of hydrogen-bond donors (Lipinski definition) is 5. The number of aryl methyl sites for hydroxylation is 2. The van der Waals surface area contributed by atoms with E-state index in [1.165, 1.54) is 22.4 Å². The quantitative estimate of drug-likeness (QED) is 0.0258. The second-order valence-corrected chi connectivity index (χ2v) is 22.4. The minimum Gasteiger partial charge on any atom is -0.495 e. The number of likely N-dealkylation sites (N-methyl/N-ethyl adjacent to an activating group) is 1. The predicted molar refractivity (Wildman–Crippen MR) is 335 cm³/mol. The number of ether oxygens (including phenoxy) is 4. The van der Waals surface area contributed by atoms with Gasteiger partial charge in [0, 0.05) is 86.0 Å². The van der Waals surface area contributed by atoms with Crippen molar-refractivity contribution >= 4 is 45.9 Å². The number of carbonyl (C=O) groups is 4. The van der Waals surface area contributed by atoms with E-state index < -0.39 is 18.8 Å². The molecule has 2 atom stereocenters. The van der Waals surface area contributed by atoms with Gasteiger partial charge in [-0.25, -0.2) is 0 Å². The number of likely N-dealkylation sites (tertiary alicyclic amines) is 2. The number of pyridine rings is 2. The molecule has 3 aromatic carbocycles. The molecule has 8 rings (SSSR count). The van der Waals surface area contributed by atoms with Crippen LogP contribution < -0.4 is 36.9 Å².